The average Bonchev–Trinajstić information content (AvgIpc) is 2.68. The number of hydrazine groups is 1. The first-order chi connectivity index (χ1) is 7.40. The summed E-state index contributed by atoms with van der Waals surface area (Å²) in [5.74, 6) is 0.600. The van der Waals surface area contributed by atoms with Gasteiger partial charge in [0.15, 0.2) is 0 Å². The molecule has 0 bridgehead atoms. The molecule has 1 saturated heterocycles. The summed E-state index contributed by atoms with van der Waals surface area (Å²) in [5, 5.41) is 0. The zero-order chi connectivity index (χ0) is 10.5. The molecular formula is C11H18N4. The normalized spacial score (nSPS) is 25.7. The highest BCUT2D eigenvalue weighted by atomic mass is 15.4. The van der Waals surface area contributed by atoms with E-state index in [9.17, 15) is 0 Å². The van der Waals surface area contributed by atoms with Gasteiger partial charge in [0.05, 0.1) is 0 Å². The Labute approximate surface area is 90.2 Å². The number of nitrogens with two attached hydrogens (primary N) is 1. The molecule has 1 aliphatic rings. The van der Waals surface area contributed by atoms with Gasteiger partial charge in [-0.1, -0.05) is 6.07 Å². The number of hydrogen-bond donors (Lipinski definition) is 3. The average molecular weight is 206 g/mol. The van der Waals surface area contributed by atoms with E-state index >= 15 is 0 Å². The highest BCUT2D eigenvalue weighted by Gasteiger charge is 2.26. The number of nitrogens with one attached hydrogen (secondary N) is 2. The SMILES string of the molecule is NCCC1NNCC1Cc1ccccn1. The van der Waals surface area contributed by atoms with Gasteiger partial charge in [-0.25, -0.2) is 0 Å². The molecule has 0 aromatic carbocycles. The van der Waals surface area contributed by atoms with Gasteiger partial charge in [-0.15, -0.1) is 0 Å². The second-order valence-corrected chi connectivity index (χ2v) is 3.99. The van der Waals surface area contributed by atoms with Crippen LogP contribution in [0.2, 0.25) is 0 Å². The fraction of sp³-hybridized carbons (Fsp3) is 0.545. The van der Waals surface area contributed by atoms with Crippen molar-refractivity contribution >= 4 is 0 Å². The molecule has 0 spiro atoms. The molecule has 1 aliphatic heterocycles. The Morgan fingerprint density at radius 2 is 2.40 bits per heavy atom. The van der Waals surface area contributed by atoms with Gasteiger partial charge in [-0.3, -0.25) is 15.8 Å². The lowest BCUT2D eigenvalue weighted by Gasteiger charge is -2.16. The van der Waals surface area contributed by atoms with Crippen molar-refractivity contribution in [1.29, 1.82) is 0 Å². The van der Waals surface area contributed by atoms with Crippen LogP contribution in [0.4, 0.5) is 0 Å². The van der Waals surface area contributed by atoms with Gasteiger partial charge in [0, 0.05) is 24.5 Å². The summed E-state index contributed by atoms with van der Waals surface area (Å²) in [6.45, 7) is 1.74. The molecule has 2 unspecified atom stereocenters. The number of rotatable bonds is 4. The van der Waals surface area contributed by atoms with Crippen molar-refractivity contribution in [1.82, 2.24) is 15.8 Å². The van der Waals surface area contributed by atoms with Crippen molar-refractivity contribution in [2.24, 2.45) is 11.7 Å². The lowest BCUT2D eigenvalue weighted by atomic mass is 9.94. The van der Waals surface area contributed by atoms with Gasteiger partial charge in [0.25, 0.3) is 0 Å². The van der Waals surface area contributed by atoms with Gasteiger partial charge in [0.2, 0.25) is 0 Å². The third-order valence-electron chi connectivity index (χ3n) is 2.90. The van der Waals surface area contributed by atoms with Crippen LogP contribution in [0, 0.1) is 5.92 Å². The molecule has 0 saturated carbocycles. The minimum atomic E-state index is 0.483. The summed E-state index contributed by atoms with van der Waals surface area (Å²) in [7, 11) is 0. The third-order valence-corrected chi connectivity index (χ3v) is 2.90. The smallest absolute Gasteiger partial charge is 0.0407 e. The Balaban J connectivity index is 1.93. The topological polar surface area (TPSA) is 63.0 Å². The molecule has 0 radical (unpaired) electrons. The number of pyridine rings is 1. The summed E-state index contributed by atoms with van der Waals surface area (Å²) in [4.78, 5) is 4.35. The van der Waals surface area contributed by atoms with Crippen LogP contribution in [0.5, 0.6) is 0 Å². The molecule has 15 heavy (non-hydrogen) atoms. The molecule has 2 rings (SSSR count). The standard InChI is InChI=1S/C11H18N4/c12-5-4-11-9(8-14-15-11)7-10-3-1-2-6-13-10/h1-3,6,9,11,14-15H,4-5,7-8,12H2. The summed E-state index contributed by atoms with van der Waals surface area (Å²) >= 11 is 0. The Hall–Kier alpha value is -0.970. The fourth-order valence-corrected chi connectivity index (χ4v) is 2.07. The van der Waals surface area contributed by atoms with Gasteiger partial charge >= 0.3 is 0 Å². The molecule has 0 amide bonds. The minimum Gasteiger partial charge on any atom is -0.330 e. The Bertz CT molecular complexity index is 288. The largest absolute Gasteiger partial charge is 0.330 e. The van der Waals surface area contributed by atoms with Crippen LogP contribution in [0.15, 0.2) is 24.4 Å². The number of nitrogens with zero attached hydrogens (tertiary/aromatic N) is 1. The Kier molecular flexibility index (Phi) is 3.66. The summed E-state index contributed by atoms with van der Waals surface area (Å²) < 4.78 is 0. The van der Waals surface area contributed by atoms with Gasteiger partial charge < -0.3 is 5.73 Å². The summed E-state index contributed by atoms with van der Waals surface area (Å²) in [6, 6.07) is 6.55. The maximum absolute atomic E-state index is 5.58. The van der Waals surface area contributed by atoms with E-state index in [0.29, 0.717) is 12.0 Å². The van der Waals surface area contributed by atoms with Crippen LogP contribution in [0.3, 0.4) is 0 Å². The zero-order valence-corrected chi connectivity index (χ0v) is 8.82. The number of hydrogen-bond acceptors (Lipinski definition) is 4. The van der Waals surface area contributed by atoms with E-state index in [0.717, 1.165) is 31.6 Å². The molecule has 4 nitrogen and oxygen atoms in total. The second kappa shape index (κ2) is 5.21. The zero-order valence-electron chi connectivity index (χ0n) is 8.82. The lowest BCUT2D eigenvalue weighted by Crippen LogP contribution is -2.34. The first-order valence-corrected chi connectivity index (χ1v) is 5.48. The monoisotopic (exact) mass is 206 g/mol. The summed E-state index contributed by atoms with van der Waals surface area (Å²) in [6.07, 6.45) is 3.89. The maximum atomic E-state index is 5.58. The molecule has 82 valence electrons. The molecule has 1 aromatic heterocycles. The van der Waals surface area contributed by atoms with E-state index in [-0.39, 0.29) is 0 Å². The van der Waals surface area contributed by atoms with Crippen molar-refractivity contribution < 1.29 is 0 Å². The first kappa shape index (κ1) is 10.5. The summed E-state index contributed by atoms with van der Waals surface area (Å²) in [5.41, 5.74) is 13.2. The van der Waals surface area contributed by atoms with Gasteiger partial charge in [-0.05, 0) is 37.4 Å². The maximum Gasteiger partial charge on any atom is 0.0407 e. The number of aromatic nitrogens is 1. The molecule has 0 aliphatic carbocycles. The van der Waals surface area contributed by atoms with Crippen LogP contribution in [-0.2, 0) is 6.42 Å². The predicted molar refractivity (Wildman–Crippen MR) is 60.0 cm³/mol. The van der Waals surface area contributed by atoms with Crippen LogP contribution in [0.1, 0.15) is 12.1 Å². The predicted octanol–water partition coefficient (Wildman–Crippen LogP) is 0.0655. The van der Waals surface area contributed by atoms with E-state index in [1.807, 2.05) is 18.3 Å². The van der Waals surface area contributed by atoms with Gasteiger partial charge in [-0.2, -0.15) is 0 Å². The van der Waals surface area contributed by atoms with Crippen molar-refractivity contribution in [3.63, 3.8) is 0 Å². The van der Waals surface area contributed by atoms with Crippen molar-refractivity contribution in [2.45, 2.75) is 18.9 Å². The third kappa shape index (κ3) is 2.75. The van der Waals surface area contributed by atoms with Crippen LogP contribution in [-0.4, -0.2) is 24.1 Å². The van der Waals surface area contributed by atoms with Gasteiger partial charge in [0.1, 0.15) is 0 Å². The highest BCUT2D eigenvalue weighted by Crippen LogP contribution is 2.15. The molecule has 1 fully saturated rings. The molecule has 4 heteroatoms. The van der Waals surface area contributed by atoms with E-state index in [1.54, 1.807) is 0 Å². The molecule has 2 heterocycles. The van der Waals surface area contributed by atoms with Crippen LogP contribution < -0.4 is 16.6 Å². The highest BCUT2D eigenvalue weighted by molar-refractivity contribution is 5.06. The Morgan fingerprint density at radius 1 is 1.47 bits per heavy atom. The Morgan fingerprint density at radius 3 is 3.13 bits per heavy atom. The minimum absolute atomic E-state index is 0.483. The van der Waals surface area contributed by atoms with E-state index in [1.165, 1.54) is 0 Å². The quantitative estimate of drug-likeness (QED) is 0.652. The van der Waals surface area contributed by atoms with E-state index < -0.39 is 0 Å². The first-order valence-electron chi connectivity index (χ1n) is 5.48. The van der Waals surface area contributed by atoms with Crippen LogP contribution >= 0.6 is 0 Å². The van der Waals surface area contributed by atoms with E-state index in [2.05, 4.69) is 21.9 Å². The molecule has 1 aromatic rings. The fourth-order valence-electron chi connectivity index (χ4n) is 2.07. The second-order valence-electron chi connectivity index (χ2n) is 3.99. The van der Waals surface area contributed by atoms with E-state index in [4.69, 9.17) is 5.73 Å². The van der Waals surface area contributed by atoms with Crippen LogP contribution in [0.25, 0.3) is 0 Å². The van der Waals surface area contributed by atoms with Crippen molar-refractivity contribution in [3.05, 3.63) is 30.1 Å². The molecule has 2 atom stereocenters. The molecule has 4 N–H and O–H groups in total. The van der Waals surface area contributed by atoms with Crippen molar-refractivity contribution in [2.75, 3.05) is 13.1 Å². The molecular weight excluding hydrogens is 188 g/mol. The lowest BCUT2D eigenvalue weighted by molar-refractivity contribution is 0.430. The van der Waals surface area contributed by atoms with Crippen molar-refractivity contribution in [3.8, 4) is 0 Å².